The van der Waals surface area contributed by atoms with Crippen LogP contribution in [-0.2, 0) is 16.0 Å². The molecule has 1 unspecified atom stereocenters. The quantitative estimate of drug-likeness (QED) is 0.790. The number of H-pyrrole nitrogens is 1. The number of nitrogens with zero attached hydrogens (tertiary/aromatic N) is 2. The molecule has 5 nitrogen and oxygen atoms in total. The summed E-state index contributed by atoms with van der Waals surface area (Å²) in [5.41, 5.74) is 1.59. The van der Waals surface area contributed by atoms with Crippen LogP contribution in [0.5, 0.6) is 0 Å². The molecule has 0 aromatic carbocycles. The van der Waals surface area contributed by atoms with Crippen molar-refractivity contribution in [1.29, 1.82) is 0 Å². The molecule has 0 bridgehead atoms. The van der Waals surface area contributed by atoms with Crippen molar-refractivity contribution in [3.05, 3.63) is 24.0 Å². The summed E-state index contributed by atoms with van der Waals surface area (Å²) in [7, 11) is 1.39. The molecule has 2 rings (SSSR count). The SMILES string of the molecule is COC(=O)C(C)Cc1n[nH]c2ncccc12. The Kier molecular flexibility index (Phi) is 2.85. The van der Waals surface area contributed by atoms with Crippen LogP contribution in [0.15, 0.2) is 18.3 Å². The molecule has 0 fully saturated rings. The van der Waals surface area contributed by atoms with E-state index in [1.165, 1.54) is 7.11 Å². The number of aromatic amines is 1. The van der Waals surface area contributed by atoms with Crippen LogP contribution in [0.25, 0.3) is 11.0 Å². The van der Waals surface area contributed by atoms with Crippen LogP contribution in [-0.4, -0.2) is 28.3 Å². The third-order valence-corrected chi connectivity index (χ3v) is 2.52. The van der Waals surface area contributed by atoms with Gasteiger partial charge in [0.15, 0.2) is 5.65 Å². The van der Waals surface area contributed by atoms with Crippen molar-refractivity contribution in [2.24, 2.45) is 5.92 Å². The average molecular weight is 219 g/mol. The van der Waals surface area contributed by atoms with Gasteiger partial charge in [-0.05, 0) is 12.1 Å². The van der Waals surface area contributed by atoms with E-state index in [4.69, 9.17) is 0 Å². The molecule has 1 atom stereocenters. The molecule has 2 heterocycles. The molecular formula is C11H13N3O2. The number of hydrogen-bond donors (Lipinski definition) is 1. The highest BCUT2D eigenvalue weighted by Gasteiger charge is 2.17. The van der Waals surface area contributed by atoms with Crippen molar-refractivity contribution < 1.29 is 9.53 Å². The van der Waals surface area contributed by atoms with Gasteiger partial charge in [-0.25, -0.2) is 4.98 Å². The highest BCUT2D eigenvalue weighted by atomic mass is 16.5. The maximum Gasteiger partial charge on any atom is 0.308 e. The molecular weight excluding hydrogens is 206 g/mol. The number of hydrogen-bond acceptors (Lipinski definition) is 4. The molecule has 0 saturated heterocycles. The van der Waals surface area contributed by atoms with Crippen molar-refractivity contribution in [2.45, 2.75) is 13.3 Å². The lowest BCUT2D eigenvalue weighted by molar-refractivity contribution is -0.144. The van der Waals surface area contributed by atoms with Gasteiger partial charge in [-0.15, -0.1) is 0 Å². The van der Waals surface area contributed by atoms with E-state index in [1.807, 2.05) is 19.1 Å². The number of rotatable bonds is 3. The molecule has 1 N–H and O–H groups in total. The highest BCUT2D eigenvalue weighted by molar-refractivity contribution is 5.79. The van der Waals surface area contributed by atoms with E-state index in [-0.39, 0.29) is 11.9 Å². The van der Waals surface area contributed by atoms with Crippen LogP contribution in [0, 0.1) is 5.92 Å². The zero-order chi connectivity index (χ0) is 11.5. The number of methoxy groups -OCH3 is 1. The Morgan fingerprint density at radius 1 is 1.62 bits per heavy atom. The molecule has 0 aliphatic rings. The van der Waals surface area contributed by atoms with Gasteiger partial charge in [0, 0.05) is 18.0 Å². The van der Waals surface area contributed by atoms with Gasteiger partial charge in [-0.1, -0.05) is 6.92 Å². The Morgan fingerprint density at radius 2 is 2.44 bits per heavy atom. The van der Waals surface area contributed by atoms with Gasteiger partial charge in [0.05, 0.1) is 18.7 Å². The Labute approximate surface area is 92.8 Å². The molecule has 2 aromatic rings. The summed E-state index contributed by atoms with van der Waals surface area (Å²) in [6.45, 7) is 1.82. The minimum absolute atomic E-state index is 0.197. The number of esters is 1. The second kappa shape index (κ2) is 4.30. The monoisotopic (exact) mass is 219 g/mol. The summed E-state index contributed by atoms with van der Waals surface area (Å²) in [6.07, 6.45) is 2.26. The first-order chi connectivity index (χ1) is 7.72. The Bertz CT molecular complexity index is 507. The lowest BCUT2D eigenvalue weighted by atomic mass is 10.0. The molecule has 0 aliphatic heterocycles. The minimum atomic E-state index is -0.222. The third-order valence-electron chi connectivity index (χ3n) is 2.52. The molecule has 5 heteroatoms. The zero-order valence-corrected chi connectivity index (χ0v) is 9.23. The number of carbonyl (C=O) groups is 1. The molecule has 2 aromatic heterocycles. The van der Waals surface area contributed by atoms with Crippen molar-refractivity contribution >= 4 is 17.0 Å². The predicted octanol–water partition coefficient (Wildman–Crippen LogP) is 1.31. The molecule has 0 spiro atoms. The van der Waals surface area contributed by atoms with E-state index in [0.29, 0.717) is 6.42 Å². The van der Waals surface area contributed by atoms with E-state index in [2.05, 4.69) is 19.9 Å². The van der Waals surface area contributed by atoms with Gasteiger partial charge in [0.1, 0.15) is 0 Å². The van der Waals surface area contributed by atoms with Crippen LogP contribution < -0.4 is 0 Å². The summed E-state index contributed by atoms with van der Waals surface area (Å²) in [6, 6.07) is 3.79. The van der Waals surface area contributed by atoms with Crippen LogP contribution in [0.2, 0.25) is 0 Å². The van der Waals surface area contributed by atoms with E-state index in [9.17, 15) is 4.79 Å². The summed E-state index contributed by atoms with van der Waals surface area (Å²) < 4.78 is 4.68. The smallest absolute Gasteiger partial charge is 0.308 e. The van der Waals surface area contributed by atoms with Crippen molar-refractivity contribution in [1.82, 2.24) is 15.2 Å². The maximum absolute atomic E-state index is 11.3. The summed E-state index contributed by atoms with van der Waals surface area (Å²) >= 11 is 0. The average Bonchev–Trinajstić information content (AvgIpc) is 2.72. The molecule has 0 saturated carbocycles. The van der Waals surface area contributed by atoms with E-state index in [1.54, 1.807) is 6.20 Å². The van der Waals surface area contributed by atoms with Gasteiger partial charge in [-0.2, -0.15) is 5.10 Å². The van der Waals surface area contributed by atoms with Gasteiger partial charge >= 0.3 is 5.97 Å². The number of fused-ring (bicyclic) bond motifs is 1. The second-order valence-electron chi connectivity index (χ2n) is 3.70. The Balaban J connectivity index is 2.24. The van der Waals surface area contributed by atoms with Crippen LogP contribution in [0.4, 0.5) is 0 Å². The number of aromatic nitrogens is 3. The fraction of sp³-hybridized carbons (Fsp3) is 0.364. The van der Waals surface area contributed by atoms with Crippen LogP contribution >= 0.6 is 0 Å². The topological polar surface area (TPSA) is 67.9 Å². The van der Waals surface area contributed by atoms with Gasteiger partial charge in [-0.3, -0.25) is 9.89 Å². The summed E-state index contributed by atoms with van der Waals surface area (Å²) in [4.78, 5) is 15.4. The fourth-order valence-electron chi connectivity index (χ4n) is 1.64. The molecule has 84 valence electrons. The first-order valence-corrected chi connectivity index (χ1v) is 5.08. The standard InChI is InChI=1S/C11H13N3O2/c1-7(11(15)16-2)6-9-8-4-3-5-12-10(8)14-13-9/h3-5,7H,6H2,1-2H3,(H,12,13,14). The van der Waals surface area contributed by atoms with Crippen molar-refractivity contribution in [3.8, 4) is 0 Å². The van der Waals surface area contributed by atoms with E-state index in [0.717, 1.165) is 16.7 Å². The zero-order valence-electron chi connectivity index (χ0n) is 9.23. The predicted molar refractivity (Wildman–Crippen MR) is 58.8 cm³/mol. The maximum atomic E-state index is 11.3. The molecule has 0 amide bonds. The Hall–Kier alpha value is -1.91. The molecule has 0 radical (unpaired) electrons. The first kappa shape index (κ1) is 10.6. The lowest BCUT2D eigenvalue weighted by Gasteiger charge is -2.06. The summed E-state index contributed by atoms with van der Waals surface area (Å²) in [5.74, 6) is -0.420. The van der Waals surface area contributed by atoms with Crippen molar-refractivity contribution in [2.75, 3.05) is 7.11 Å². The molecule has 16 heavy (non-hydrogen) atoms. The van der Waals surface area contributed by atoms with Gasteiger partial charge in [0.2, 0.25) is 0 Å². The van der Waals surface area contributed by atoms with Crippen LogP contribution in [0.1, 0.15) is 12.6 Å². The van der Waals surface area contributed by atoms with Gasteiger partial charge < -0.3 is 4.74 Å². The number of pyridine rings is 1. The van der Waals surface area contributed by atoms with Crippen LogP contribution in [0.3, 0.4) is 0 Å². The number of nitrogens with one attached hydrogen (secondary N) is 1. The third kappa shape index (κ3) is 1.88. The summed E-state index contributed by atoms with van der Waals surface area (Å²) in [5, 5.41) is 7.95. The number of ether oxygens (including phenoxy) is 1. The van der Waals surface area contributed by atoms with Crippen molar-refractivity contribution in [3.63, 3.8) is 0 Å². The van der Waals surface area contributed by atoms with E-state index >= 15 is 0 Å². The largest absolute Gasteiger partial charge is 0.469 e. The lowest BCUT2D eigenvalue weighted by Crippen LogP contribution is -2.15. The fourth-order valence-corrected chi connectivity index (χ4v) is 1.64. The number of carbonyl (C=O) groups excluding carboxylic acids is 1. The highest BCUT2D eigenvalue weighted by Crippen LogP contribution is 2.16. The minimum Gasteiger partial charge on any atom is -0.469 e. The Morgan fingerprint density at radius 3 is 3.19 bits per heavy atom. The van der Waals surface area contributed by atoms with E-state index < -0.39 is 0 Å². The van der Waals surface area contributed by atoms with Gasteiger partial charge in [0.25, 0.3) is 0 Å². The molecule has 0 aliphatic carbocycles. The normalized spacial score (nSPS) is 12.6. The second-order valence-corrected chi connectivity index (χ2v) is 3.70. The first-order valence-electron chi connectivity index (χ1n) is 5.08.